The number of rotatable bonds is 0. The molecule has 0 radical (unpaired) electrons. The van der Waals surface area contributed by atoms with E-state index >= 15 is 0 Å². The first-order valence-electron chi connectivity index (χ1n) is 4.26. The van der Waals surface area contributed by atoms with Crippen molar-refractivity contribution in [2.45, 2.75) is 32.1 Å². The molecule has 1 saturated heterocycles. The van der Waals surface area contributed by atoms with Crippen LogP contribution < -0.4 is 0 Å². The van der Waals surface area contributed by atoms with Gasteiger partial charge >= 0.3 is 0 Å². The molecule has 1 aliphatic heterocycles. The molecular weight excluding hydrogens is 143 g/mol. The summed E-state index contributed by atoms with van der Waals surface area (Å²) in [4.78, 5) is 0. The molecule has 0 amide bonds. The smallest absolute Gasteiger partial charge is 0.0848 e. The first-order valence-corrected chi connectivity index (χ1v) is 6.79. The van der Waals surface area contributed by atoms with Gasteiger partial charge in [0.15, 0.2) is 0 Å². The Balaban J connectivity index is 2.38. The van der Waals surface area contributed by atoms with Crippen LogP contribution in [0.25, 0.3) is 0 Å². The highest BCUT2D eigenvalue weighted by Gasteiger charge is 2.15. The van der Waals surface area contributed by atoms with Crippen molar-refractivity contribution in [3.8, 4) is 0 Å². The lowest BCUT2D eigenvalue weighted by atomic mass is 10.2. The molecule has 0 aliphatic carbocycles. The van der Waals surface area contributed by atoms with Gasteiger partial charge in [-0.3, -0.25) is 0 Å². The highest BCUT2D eigenvalue weighted by Crippen LogP contribution is 2.44. The van der Waals surface area contributed by atoms with E-state index in [2.05, 4.69) is 0 Å². The van der Waals surface area contributed by atoms with E-state index < -0.39 is 7.14 Å². The molecule has 1 nitrogen and oxygen atoms in total. The maximum atomic E-state index is 11.6. The summed E-state index contributed by atoms with van der Waals surface area (Å²) in [6, 6.07) is 0. The number of hydrogen-bond donors (Lipinski definition) is 0. The molecule has 0 aromatic carbocycles. The SMILES string of the molecule is CP1(=O)CCCCCCC1. The molecule has 0 aromatic rings. The van der Waals surface area contributed by atoms with Crippen LogP contribution in [0.5, 0.6) is 0 Å². The molecule has 1 heterocycles. The zero-order valence-corrected chi connectivity index (χ0v) is 7.70. The van der Waals surface area contributed by atoms with Crippen molar-refractivity contribution in [2.75, 3.05) is 19.0 Å². The summed E-state index contributed by atoms with van der Waals surface area (Å²) in [5.41, 5.74) is 0. The van der Waals surface area contributed by atoms with Crippen LogP contribution in [0.15, 0.2) is 0 Å². The van der Waals surface area contributed by atoms with Crippen LogP contribution in [-0.4, -0.2) is 19.0 Å². The van der Waals surface area contributed by atoms with E-state index in [4.69, 9.17) is 0 Å². The van der Waals surface area contributed by atoms with Gasteiger partial charge in [-0.15, -0.1) is 0 Å². The molecule has 1 aliphatic rings. The lowest BCUT2D eigenvalue weighted by molar-refractivity contribution is 0.560. The topological polar surface area (TPSA) is 17.1 Å². The molecule has 0 aromatic heterocycles. The summed E-state index contributed by atoms with van der Waals surface area (Å²) in [6.45, 7) is 1.97. The van der Waals surface area contributed by atoms with E-state index in [1.54, 1.807) is 0 Å². The molecule has 0 atom stereocenters. The molecule has 0 spiro atoms. The Kier molecular flexibility index (Phi) is 2.97. The molecule has 2 heteroatoms. The van der Waals surface area contributed by atoms with Crippen LogP contribution in [0.1, 0.15) is 32.1 Å². The molecule has 0 bridgehead atoms. The van der Waals surface area contributed by atoms with Gasteiger partial charge in [0.2, 0.25) is 0 Å². The summed E-state index contributed by atoms with van der Waals surface area (Å²) in [5.74, 6) is 0. The van der Waals surface area contributed by atoms with Crippen molar-refractivity contribution in [2.24, 2.45) is 0 Å². The van der Waals surface area contributed by atoms with Crippen LogP contribution in [0, 0.1) is 0 Å². The van der Waals surface area contributed by atoms with Gasteiger partial charge in [-0.1, -0.05) is 19.3 Å². The Morgan fingerprint density at radius 3 is 1.80 bits per heavy atom. The predicted octanol–water partition coefficient (Wildman–Crippen LogP) is 2.94. The Bertz CT molecular complexity index is 130. The van der Waals surface area contributed by atoms with Crippen molar-refractivity contribution >= 4 is 7.14 Å². The van der Waals surface area contributed by atoms with Crippen LogP contribution >= 0.6 is 7.14 Å². The van der Waals surface area contributed by atoms with Crippen molar-refractivity contribution in [1.82, 2.24) is 0 Å². The largest absolute Gasteiger partial charge is 0.324 e. The van der Waals surface area contributed by atoms with Crippen LogP contribution in [0.3, 0.4) is 0 Å². The fourth-order valence-corrected chi connectivity index (χ4v) is 3.54. The van der Waals surface area contributed by atoms with Crippen molar-refractivity contribution in [3.63, 3.8) is 0 Å². The van der Waals surface area contributed by atoms with Gasteiger partial charge in [-0.25, -0.2) is 0 Å². The second kappa shape index (κ2) is 3.57. The maximum Gasteiger partial charge on any atom is 0.0848 e. The van der Waals surface area contributed by atoms with E-state index in [0.717, 1.165) is 12.3 Å². The Morgan fingerprint density at radius 2 is 1.30 bits per heavy atom. The quantitative estimate of drug-likeness (QED) is 0.498. The van der Waals surface area contributed by atoms with Gasteiger partial charge in [-0.05, 0) is 19.5 Å². The standard InChI is InChI=1S/C8H17OP/c1-10(9)7-5-3-2-4-6-8-10/h2-8H2,1H3. The van der Waals surface area contributed by atoms with Crippen LogP contribution in [-0.2, 0) is 4.57 Å². The Hall–Kier alpha value is 0.230. The maximum absolute atomic E-state index is 11.6. The highest BCUT2D eigenvalue weighted by molar-refractivity contribution is 7.63. The van der Waals surface area contributed by atoms with Crippen molar-refractivity contribution in [1.29, 1.82) is 0 Å². The Morgan fingerprint density at radius 1 is 0.900 bits per heavy atom. The van der Waals surface area contributed by atoms with Gasteiger partial charge in [0.05, 0.1) is 7.14 Å². The summed E-state index contributed by atoms with van der Waals surface area (Å²) in [7, 11) is -1.66. The van der Waals surface area contributed by atoms with Crippen molar-refractivity contribution in [3.05, 3.63) is 0 Å². The van der Waals surface area contributed by atoms with Gasteiger partial charge in [0.25, 0.3) is 0 Å². The van der Waals surface area contributed by atoms with Gasteiger partial charge in [0, 0.05) is 12.3 Å². The molecule has 1 fully saturated rings. The average Bonchev–Trinajstić information content (AvgIpc) is 1.81. The summed E-state index contributed by atoms with van der Waals surface area (Å²) in [5, 5.41) is 0. The van der Waals surface area contributed by atoms with Gasteiger partial charge in [-0.2, -0.15) is 0 Å². The fourth-order valence-electron chi connectivity index (χ4n) is 1.53. The third kappa shape index (κ3) is 2.88. The highest BCUT2D eigenvalue weighted by atomic mass is 31.2. The van der Waals surface area contributed by atoms with E-state index in [1.165, 1.54) is 32.1 Å². The lowest BCUT2D eigenvalue weighted by Gasteiger charge is -2.15. The minimum absolute atomic E-state index is 1.01. The first-order chi connectivity index (χ1) is 4.71. The van der Waals surface area contributed by atoms with Crippen LogP contribution in [0.2, 0.25) is 0 Å². The first kappa shape index (κ1) is 8.33. The molecule has 0 N–H and O–H groups in total. The molecule has 60 valence electrons. The second-order valence-electron chi connectivity index (χ2n) is 3.51. The fraction of sp³-hybridized carbons (Fsp3) is 1.00. The van der Waals surface area contributed by atoms with Gasteiger partial charge in [0.1, 0.15) is 0 Å². The molecule has 0 unspecified atom stereocenters. The summed E-state index contributed by atoms with van der Waals surface area (Å²) < 4.78 is 11.6. The predicted molar refractivity (Wildman–Crippen MR) is 46.3 cm³/mol. The Labute approximate surface area is 63.6 Å². The minimum Gasteiger partial charge on any atom is -0.324 e. The number of hydrogen-bond acceptors (Lipinski definition) is 1. The van der Waals surface area contributed by atoms with E-state index in [0.29, 0.717) is 0 Å². The monoisotopic (exact) mass is 160 g/mol. The summed E-state index contributed by atoms with van der Waals surface area (Å²) >= 11 is 0. The van der Waals surface area contributed by atoms with Crippen LogP contribution in [0.4, 0.5) is 0 Å². The molecular formula is C8H17OP. The third-order valence-corrected chi connectivity index (χ3v) is 4.79. The minimum atomic E-state index is -1.66. The van der Waals surface area contributed by atoms with Gasteiger partial charge < -0.3 is 4.57 Å². The van der Waals surface area contributed by atoms with E-state index in [-0.39, 0.29) is 0 Å². The average molecular weight is 160 g/mol. The molecule has 0 saturated carbocycles. The summed E-state index contributed by atoms with van der Waals surface area (Å²) in [6.07, 6.45) is 8.39. The zero-order valence-electron chi connectivity index (χ0n) is 6.81. The zero-order chi connectivity index (χ0) is 7.45. The van der Waals surface area contributed by atoms with E-state index in [9.17, 15) is 4.57 Å². The normalized spacial score (nSPS) is 26.9. The van der Waals surface area contributed by atoms with Crippen molar-refractivity contribution < 1.29 is 4.57 Å². The molecule has 1 rings (SSSR count). The lowest BCUT2D eigenvalue weighted by Crippen LogP contribution is -1.98. The third-order valence-electron chi connectivity index (χ3n) is 2.26. The second-order valence-corrected chi connectivity index (χ2v) is 7.00. The molecule has 10 heavy (non-hydrogen) atoms. The van der Waals surface area contributed by atoms with E-state index in [1.807, 2.05) is 6.66 Å².